The maximum absolute atomic E-state index is 10.3. The molecule has 1 amide bonds. The zero-order valence-corrected chi connectivity index (χ0v) is 12.8. The van der Waals surface area contributed by atoms with Crippen molar-refractivity contribution in [3.63, 3.8) is 0 Å². The van der Waals surface area contributed by atoms with Crippen molar-refractivity contribution in [2.45, 2.75) is 32.6 Å². The molecule has 2 aromatic rings. The summed E-state index contributed by atoms with van der Waals surface area (Å²) in [4.78, 5) is 10.3. The fourth-order valence-corrected chi connectivity index (χ4v) is 2.12. The molecule has 0 atom stereocenters. The van der Waals surface area contributed by atoms with Crippen molar-refractivity contribution in [1.82, 2.24) is 0 Å². The van der Waals surface area contributed by atoms with Crippen LogP contribution in [0.4, 0.5) is 17.1 Å². The Hall–Kier alpha value is -2.49. The van der Waals surface area contributed by atoms with E-state index in [-0.39, 0.29) is 0 Å². The number of anilines is 1. The summed E-state index contributed by atoms with van der Waals surface area (Å²) in [5.41, 5.74) is 3.68. The number of unbranched alkanes of at least 4 members (excludes halogenated alkanes) is 2. The van der Waals surface area contributed by atoms with Gasteiger partial charge in [-0.2, -0.15) is 10.2 Å². The molecule has 0 radical (unpaired) electrons. The number of azo groups is 1. The van der Waals surface area contributed by atoms with E-state index in [1.807, 2.05) is 24.3 Å². The highest BCUT2D eigenvalue weighted by Gasteiger charge is 1.95. The Morgan fingerprint density at radius 3 is 2.05 bits per heavy atom. The second-order valence-electron chi connectivity index (χ2n) is 5.13. The van der Waals surface area contributed by atoms with E-state index in [0.29, 0.717) is 6.41 Å². The molecule has 0 aromatic heterocycles. The third kappa shape index (κ3) is 5.13. The van der Waals surface area contributed by atoms with Crippen molar-refractivity contribution in [2.75, 3.05) is 5.32 Å². The van der Waals surface area contributed by atoms with E-state index in [9.17, 15) is 4.79 Å². The lowest BCUT2D eigenvalue weighted by Gasteiger charge is -2.01. The van der Waals surface area contributed by atoms with Crippen molar-refractivity contribution in [2.24, 2.45) is 10.2 Å². The van der Waals surface area contributed by atoms with E-state index < -0.39 is 0 Å². The monoisotopic (exact) mass is 295 g/mol. The Morgan fingerprint density at radius 1 is 0.909 bits per heavy atom. The lowest BCUT2D eigenvalue weighted by atomic mass is 10.1. The van der Waals surface area contributed by atoms with Gasteiger partial charge in [0.15, 0.2) is 0 Å². The number of rotatable bonds is 8. The SMILES string of the molecule is CCCCCc1ccc(N=Nc2ccc(NC=O)cc2)cc1. The quantitative estimate of drug-likeness (QED) is 0.395. The Morgan fingerprint density at radius 2 is 1.50 bits per heavy atom. The van der Waals surface area contributed by atoms with Gasteiger partial charge in [-0.1, -0.05) is 31.9 Å². The Bertz CT molecular complexity index is 603. The summed E-state index contributed by atoms with van der Waals surface area (Å²) in [6.45, 7) is 2.21. The standard InChI is InChI=1S/C18H21N3O/c1-2-3-4-5-15-6-8-17(9-7-15)20-21-18-12-10-16(11-13-18)19-14-22/h6-14H,2-5H2,1H3,(H,19,22). The van der Waals surface area contributed by atoms with E-state index in [1.165, 1.54) is 24.8 Å². The van der Waals surface area contributed by atoms with Crippen LogP contribution in [0, 0.1) is 0 Å². The van der Waals surface area contributed by atoms with Gasteiger partial charge in [-0.05, 0) is 54.8 Å². The second-order valence-corrected chi connectivity index (χ2v) is 5.13. The van der Waals surface area contributed by atoms with Crippen LogP contribution in [0.15, 0.2) is 58.8 Å². The van der Waals surface area contributed by atoms with Crippen LogP contribution in [0.2, 0.25) is 0 Å². The number of hydrogen-bond acceptors (Lipinski definition) is 3. The van der Waals surface area contributed by atoms with Gasteiger partial charge in [0.25, 0.3) is 0 Å². The number of aryl methyl sites for hydroxylation is 1. The van der Waals surface area contributed by atoms with E-state index in [0.717, 1.165) is 23.5 Å². The molecule has 114 valence electrons. The number of carbonyl (C=O) groups excluding carboxylic acids is 1. The maximum atomic E-state index is 10.3. The summed E-state index contributed by atoms with van der Waals surface area (Å²) in [5.74, 6) is 0. The van der Waals surface area contributed by atoms with Crippen LogP contribution >= 0.6 is 0 Å². The van der Waals surface area contributed by atoms with Gasteiger partial charge >= 0.3 is 0 Å². The van der Waals surface area contributed by atoms with Crippen LogP contribution in [0.25, 0.3) is 0 Å². The van der Waals surface area contributed by atoms with Crippen molar-refractivity contribution in [1.29, 1.82) is 0 Å². The minimum absolute atomic E-state index is 0.651. The first-order chi connectivity index (χ1) is 10.8. The number of hydrogen-bond donors (Lipinski definition) is 1. The molecule has 0 aliphatic carbocycles. The summed E-state index contributed by atoms with van der Waals surface area (Å²) in [5, 5.41) is 11.0. The normalized spacial score (nSPS) is 10.8. The maximum Gasteiger partial charge on any atom is 0.211 e. The van der Waals surface area contributed by atoms with E-state index >= 15 is 0 Å². The lowest BCUT2D eigenvalue weighted by Crippen LogP contribution is -1.91. The highest BCUT2D eigenvalue weighted by molar-refractivity contribution is 5.71. The Balaban J connectivity index is 1.93. The zero-order valence-electron chi connectivity index (χ0n) is 12.8. The van der Waals surface area contributed by atoms with Gasteiger partial charge in [-0.3, -0.25) is 4.79 Å². The molecule has 2 aromatic carbocycles. The zero-order chi connectivity index (χ0) is 15.6. The molecule has 2 rings (SSSR count). The van der Waals surface area contributed by atoms with Gasteiger partial charge in [-0.25, -0.2) is 0 Å². The predicted molar refractivity (Wildman–Crippen MR) is 90.0 cm³/mol. The molecule has 0 spiro atoms. The van der Waals surface area contributed by atoms with Gasteiger partial charge in [0.05, 0.1) is 11.4 Å². The third-order valence-corrected chi connectivity index (χ3v) is 3.38. The van der Waals surface area contributed by atoms with E-state index in [4.69, 9.17) is 0 Å². The number of amides is 1. The minimum Gasteiger partial charge on any atom is -0.329 e. The molecule has 4 nitrogen and oxygen atoms in total. The van der Waals surface area contributed by atoms with Crippen LogP contribution in [-0.2, 0) is 11.2 Å². The largest absolute Gasteiger partial charge is 0.329 e. The van der Waals surface area contributed by atoms with Gasteiger partial charge in [-0.15, -0.1) is 0 Å². The molecule has 0 heterocycles. The topological polar surface area (TPSA) is 53.8 Å². The van der Waals surface area contributed by atoms with Crippen LogP contribution in [0.3, 0.4) is 0 Å². The molecule has 0 saturated carbocycles. The smallest absolute Gasteiger partial charge is 0.211 e. The molecule has 4 heteroatoms. The molecule has 0 unspecified atom stereocenters. The highest BCUT2D eigenvalue weighted by atomic mass is 16.1. The summed E-state index contributed by atoms with van der Waals surface area (Å²) in [7, 11) is 0. The summed E-state index contributed by atoms with van der Waals surface area (Å²) in [6.07, 6.45) is 5.53. The fraction of sp³-hybridized carbons (Fsp3) is 0.278. The average molecular weight is 295 g/mol. The first-order valence-corrected chi connectivity index (χ1v) is 7.62. The van der Waals surface area contributed by atoms with Crippen LogP contribution < -0.4 is 5.32 Å². The summed E-state index contributed by atoms with van der Waals surface area (Å²) in [6, 6.07) is 15.4. The van der Waals surface area contributed by atoms with Crippen molar-refractivity contribution < 1.29 is 4.79 Å². The molecule has 0 bridgehead atoms. The van der Waals surface area contributed by atoms with Crippen LogP contribution in [0.5, 0.6) is 0 Å². The van der Waals surface area contributed by atoms with Crippen molar-refractivity contribution in [3.05, 3.63) is 54.1 Å². The van der Waals surface area contributed by atoms with E-state index in [1.54, 1.807) is 12.1 Å². The number of nitrogens with zero attached hydrogens (tertiary/aromatic N) is 2. The molecule has 0 fully saturated rings. The van der Waals surface area contributed by atoms with Gasteiger partial charge in [0.1, 0.15) is 0 Å². The molecule has 22 heavy (non-hydrogen) atoms. The summed E-state index contributed by atoms with van der Waals surface area (Å²) < 4.78 is 0. The number of benzene rings is 2. The summed E-state index contributed by atoms with van der Waals surface area (Å²) >= 11 is 0. The first kappa shape index (κ1) is 15.9. The van der Waals surface area contributed by atoms with Crippen molar-refractivity contribution >= 4 is 23.5 Å². The van der Waals surface area contributed by atoms with Gasteiger partial charge in [0.2, 0.25) is 6.41 Å². The first-order valence-electron chi connectivity index (χ1n) is 7.62. The van der Waals surface area contributed by atoms with Gasteiger partial charge in [0, 0.05) is 5.69 Å². The molecule has 0 saturated heterocycles. The molecule has 0 aliphatic heterocycles. The Labute approximate surface area is 131 Å². The van der Waals surface area contributed by atoms with Crippen LogP contribution in [-0.4, -0.2) is 6.41 Å². The third-order valence-electron chi connectivity index (χ3n) is 3.38. The average Bonchev–Trinajstić information content (AvgIpc) is 2.56. The predicted octanol–water partition coefficient (Wildman–Crippen LogP) is 5.40. The molecule has 1 N–H and O–H groups in total. The number of carbonyl (C=O) groups is 1. The minimum atomic E-state index is 0.651. The molecule has 0 aliphatic rings. The van der Waals surface area contributed by atoms with Crippen molar-refractivity contribution in [3.8, 4) is 0 Å². The fourth-order valence-electron chi connectivity index (χ4n) is 2.12. The second kappa shape index (κ2) is 8.72. The van der Waals surface area contributed by atoms with Gasteiger partial charge < -0.3 is 5.32 Å². The molecular weight excluding hydrogens is 274 g/mol. The Kier molecular flexibility index (Phi) is 6.30. The van der Waals surface area contributed by atoms with Crippen LogP contribution in [0.1, 0.15) is 31.7 Å². The highest BCUT2D eigenvalue weighted by Crippen LogP contribution is 2.20. The molecular formula is C18H21N3O. The number of nitrogens with one attached hydrogen (secondary N) is 1. The lowest BCUT2D eigenvalue weighted by molar-refractivity contribution is -0.105. The van der Waals surface area contributed by atoms with E-state index in [2.05, 4.69) is 34.6 Å².